The number of aromatic nitrogens is 1. The van der Waals surface area contributed by atoms with Gasteiger partial charge < -0.3 is 25.7 Å². The molecule has 4 N–H and O–H groups in total. The number of carbonyl (C=O) groups excluding carboxylic acids is 3. The van der Waals surface area contributed by atoms with E-state index in [2.05, 4.69) is 15.5 Å². The van der Waals surface area contributed by atoms with Gasteiger partial charge in [0.15, 0.2) is 10.8 Å². The number of ether oxygens (including phenoxy) is 1. The zero-order valence-electron chi connectivity index (χ0n) is 16.9. The van der Waals surface area contributed by atoms with Crippen molar-refractivity contribution < 1.29 is 33.9 Å². The Morgan fingerprint density at radius 1 is 1.47 bits per heavy atom. The van der Waals surface area contributed by atoms with Crippen LogP contribution in [0.5, 0.6) is 0 Å². The van der Waals surface area contributed by atoms with Gasteiger partial charge in [-0.15, -0.1) is 23.1 Å². The van der Waals surface area contributed by atoms with Crippen LogP contribution in [0.2, 0.25) is 0 Å². The van der Waals surface area contributed by atoms with Crippen LogP contribution in [0.3, 0.4) is 0 Å². The molecule has 170 valence electrons. The Kier molecular flexibility index (Phi) is 7.15. The van der Waals surface area contributed by atoms with Crippen molar-refractivity contribution >= 4 is 57.7 Å². The number of aliphatic carboxylic acids is 1. The zero-order chi connectivity index (χ0) is 23.4. The van der Waals surface area contributed by atoms with Crippen molar-refractivity contribution in [3.63, 3.8) is 0 Å². The van der Waals surface area contributed by atoms with E-state index in [1.54, 1.807) is 0 Å². The molecule has 1 aromatic rings. The van der Waals surface area contributed by atoms with Crippen LogP contribution in [0.1, 0.15) is 12.6 Å². The minimum absolute atomic E-state index is 0.0187. The minimum Gasteiger partial charge on any atom is -0.477 e. The summed E-state index contributed by atoms with van der Waals surface area (Å²) in [5.41, 5.74) is 5.85. The molecule has 0 spiro atoms. The Bertz CT molecular complexity index is 1050. The van der Waals surface area contributed by atoms with E-state index in [1.807, 2.05) is 0 Å². The number of esters is 1. The van der Waals surface area contributed by atoms with Gasteiger partial charge in [-0.05, 0) is 11.6 Å². The van der Waals surface area contributed by atoms with Gasteiger partial charge in [-0.3, -0.25) is 19.3 Å². The van der Waals surface area contributed by atoms with Crippen LogP contribution in [-0.2, 0) is 28.8 Å². The van der Waals surface area contributed by atoms with Crippen LogP contribution < -0.4 is 11.1 Å². The van der Waals surface area contributed by atoms with Gasteiger partial charge in [0.05, 0.1) is 0 Å². The topological polar surface area (TPSA) is 174 Å². The van der Waals surface area contributed by atoms with E-state index in [4.69, 9.17) is 15.3 Å². The summed E-state index contributed by atoms with van der Waals surface area (Å²) in [7, 11) is 1.26. The molecule has 0 saturated carbocycles. The van der Waals surface area contributed by atoms with Crippen LogP contribution in [0, 0.1) is 0 Å². The summed E-state index contributed by atoms with van der Waals surface area (Å²) in [6, 6.07) is -0.952. The molecule has 0 unspecified atom stereocenters. The number of allylic oxidation sites excluding steroid dienone is 1. The van der Waals surface area contributed by atoms with Crippen molar-refractivity contribution in [1.29, 1.82) is 0 Å². The molecule has 0 bridgehead atoms. The Labute approximate surface area is 190 Å². The number of carbonyl (C=O) groups is 4. The lowest BCUT2D eigenvalue weighted by Gasteiger charge is -2.49. The summed E-state index contributed by atoms with van der Waals surface area (Å²) in [6.07, 6.45) is 3.00. The number of rotatable bonds is 8. The third kappa shape index (κ3) is 4.75. The van der Waals surface area contributed by atoms with E-state index in [9.17, 15) is 24.3 Å². The fourth-order valence-electron chi connectivity index (χ4n) is 3.03. The highest BCUT2D eigenvalue weighted by molar-refractivity contribution is 8.00. The van der Waals surface area contributed by atoms with Gasteiger partial charge in [-0.25, -0.2) is 9.78 Å². The molecule has 1 saturated heterocycles. The van der Waals surface area contributed by atoms with Crippen LogP contribution in [0.4, 0.5) is 5.13 Å². The average Bonchev–Trinajstić information content (AvgIpc) is 3.17. The summed E-state index contributed by atoms with van der Waals surface area (Å²) in [6.45, 7) is 1.24. The average molecular weight is 482 g/mol. The summed E-state index contributed by atoms with van der Waals surface area (Å²) in [5.74, 6) is -2.74. The number of hydrogen-bond donors (Lipinski definition) is 3. The summed E-state index contributed by atoms with van der Waals surface area (Å²) in [4.78, 5) is 57.9. The van der Waals surface area contributed by atoms with Gasteiger partial charge >= 0.3 is 11.9 Å². The number of carboxylic acid groups (broad SMARTS) is 1. The molecule has 2 aliphatic rings. The van der Waals surface area contributed by atoms with Crippen molar-refractivity contribution in [2.75, 3.05) is 25.2 Å². The summed E-state index contributed by atoms with van der Waals surface area (Å²) in [5, 5.41) is 17.0. The molecule has 0 aromatic carbocycles. The molecular formula is C18H19N5O7S2. The largest absolute Gasteiger partial charge is 0.477 e. The maximum atomic E-state index is 12.7. The molecule has 2 amide bonds. The number of hydrogen-bond acceptors (Lipinski definition) is 11. The number of nitrogens with zero attached hydrogens (tertiary/aromatic N) is 3. The second-order valence-electron chi connectivity index (χ2n) is 6.44. The molecule has 3 heterocycles. The lowest BCUT2D eigenvalue weighted by molar-refractivity contribution is -0.150. The fraction of sp³-hybridized carbons (Fsp3) is 0.333. The first-order chi connectivity index (χ1) is 15.2. The van der Waals surface area contributed by atoms with E-state index in [0.29, 0.717) is 5.57 Å². The minimum atomic E-state index is -1.28. The monoisotopic (exact) mass is 481 g/mol. The van der Waals surface area contributed by atoms with E-state index in [1.165, 1.54) is 43.3 Å². The highest BCUT2D eigenvalue weighted by Crippen LogP contribution is 2.40. The molecule has 2 aliphatic heterocycles. The lowest BCUT2D eigenvalue weighted by atomic mass is 10.0. The molecule has 1 aromatic heterocycles. The molecule has 0 aliphatic carbocycles. The predicted molar refractivity (Wildman–Crippen MR) is 116 cm³/mol. The molecule has 0 radical (unpaired) electrons. The maximum Gasteiger partial charge on any atom is 0.352 e. The van der Waals surface area contributed by atoms with Gasteiger partial charge in [0.1, 0.15) is 36.5 Å². The number of thioether (sulfide) groups is 1. The van der Waals surface area contributed by atoms with Gasteiger partial charge in [-0.2, -0.15) is 0 Å². The summed E-state index contributed by atoms with van der Waals surface area (Å²) < 4.78 is 4.79. The zero-order valence-corrected chi connectivity index (χ0v) is 18.6. The predicted octanol–water partition coefficient (Wildman–Crippen LogP) is -0.0663. The maximum absolute atomic E-state index is 12.7. The number of fused-ring (bicyclic) bond motifs is 1. The number of anilines is 1. The van der Waals surface area contributed by atoms with Gasteiger partial charge in [-0.1, -0.05) is 11.2 Å². The second kappa shape index (κ2) is 9.82. The normalized spacial score (nSPS) is 20.6. The molecule has 12 nitrogen and oxygen atoms in total. The van der Waals surface area contributed by atoms with Crippen LogP contribution >= 0.6 is 23.1 Å². The van der Waals surface area contributed by atoms with Gasteiger partial charge in [0, 0.05) is 18.1 Å². The van der Waals surface area contributed by atoms with Gasteiger partial charge in [0.25, 0.3) is 11.8 Å². The van der Waals surface area contributed by atoms with E-state index in [-0.39, 0.29) is 34.6 Å². The smallest absolute Gasteiger partial charge is 0.352 e. The van der Waals surface area contributed by atoms with Crippen molar-refractivity contribution in [2.45, 2.75) is 18.3 Å². The molecule has 2 atom stereocenters. The standard InChI is InChI=1S/C18H19N5O7S2/c1-8(24)30-5-3-4-9-6-31-16-12(15(26)23(16)13(9)17(27)28)21-14(25)11(22-29-2)10-7-32-18(19)20-10/h3-4,7,12,16H,5-6H2,1-2H3,(H2,19,20)(H,21,25)(H,27,28)/b4-3+,22-11-/t12-,16-/m1/s1. The Morgan fingerprint density at radius 2 is 2.22 bits per heavy atom. The first-order valence-corrected chi connectivity index (χ1v) is 11.0. The summed E-state index contributed by atoms with van der Waals surface area (Å²) >= 11 is 2.40. The molecule has 14 heteroatoms. The van der Waals surface area contributed by atoms with Crippen LogP contribution in [0.15, 0.2) is 34.0 Å². The number of nitrogens with one attached hydrogen (secondary N) is 1. The molecule has 3 rings (SSSR count). The Hall–Kier alpha value is -3.39. The lowest BCUT2D eigenvalue weighted by Crippen LogP contribution is -2.71. The fourth-order valence-corrected chi connectivity index (χ4v) is 4.89. The van der Waals surface area contributed by atoms with Crippen LogP contribution in [0.25, 0.3) is 0 Å². The molecular weight excluding hydrogens is 462 g/mol. The highest BCUT2D eigenvalue weighted by atomic mass is 32.2. The second-order valence-corrected chi connectivity index (χ2v) is 8.43. The number of oxime groups is 1. The van der Waals surface area contributed by atoms with Gasteiger partial charge in [0.2, 0.25) is 0 Å². The SMILES string of the molecule is CO/N=C(\C(=O)N[C@@H]1C(=O)N2C(C(=O)O)=C(/C=C/COC(C)=O)CS[C@H]12)c1csc(N)n1. The third-order valence-electron chi connectivity index (χ3n) is 4.35. The van der Waals surface area contributed by atoms with E-state index in [0.717, 1.165) is 16.2 Å². The highest BCUT2D eigenvalue weighted by Gasteiger charge is 2.54. The van der Waals surface area contributed by atoms with Crippen molar-refractivity contribution in [1.82, 2.24) is 15.2 Å². The van der Waals surface area contributed by atoms with E-state index < -0.39 is 35.2 Å². The Morgan fingerprint density at radius 3 is 2.81 bits per heavy atom. The molecule has 32 heavy (non-hydrogen) atoms. The van der Waals surface area contributed by atoms with Crippen molar-refractivity contribution in [3.05, 3.63) is 34.5 Å². The number of β-lactam (4-membered cyclic amide) rings is 1. The molecule has 1 fully saturated rings. The first-order valence-electron chi connectivity index (χ1n) is 9.09. The number of nitrogen functional groups attached to an aromatic ring is 1. The van der Waals surface area contributed by atoms with Crippen molar-refractivity contribution in [2.24, 2.45) is 5.16 Å². The Balaban J connectivity index is 1.75. The van der Waals surface area contributed by atoms with Crippen molar-refractivity contribution in [3.8, 4) is 0 Å². The number of carboxylic acids is 1. The number of amides is 2. The third-order valence-corrected chi connectivity index (χ3v) is 6.33. The van der Waals surface area contributed by atoms with E-state index >= 15 is 0 Å². The number of thiazole rings is 1. The number of nitrogens with two attached hydrogens (primary N) is 1. The van der Waals surface area contributed by atoms with Crippen LogP contribution in [-0.4, -0.2) is 75.3 Å². The first kappa shape index (κ1) is 23.3. The quantitative estimate of drug-likeness (QED) is 0.197.